The van der Waals surface area contributed by atoms with Crippen molar-refractivity contribution >= 4 is 16.6 Å². The highest BCUT2D eigenvalue weighted by Gasteiger charge is 2.11. The molecule has 1 aromatic heterocycles. The summed E-state index contributed by atoms with van der Waals surface area (Å²) in [7, 11) is 0. The quantitative estimate of drug-likeness (QED) is 0.673. The van der Waals surface area contributed by atoms with E-state index in [2.05, 4.69) is 71.0 Å². The van der Waals surface area contributed by atoms with E-state index >= 15 is 0 Å². The number of hydrogen-bond donors (Lipinski definition) is 2. The summed E-state index contributed by atoms with van der Waals surface area (Å²) in [5.41, 5.74) is 3.55. The Morgan fingerprint density at radius 2 is 2.00 bits per heavy atom. The normalized spacial score (nSPS) is 12.4. The summed E-state index contributed by atoms with van der Waals surface area (Å²) in [6.45, 7) is 2.23. The lowest BCUT2D eigenvalue weighted by Gasteiger charge is -2.20. The van der Waals surface area contributed by atoms with Gasteiger partial charge in [-0.05, 0) is 30.2 Å². The molecule has 3 rings (SSSR count). The number of fused-ring (bicyclic) bond motifs is 1. The first kappa shape index (κ1) is 13.7. The number of nitrogens with one attached hydrogen (secondary N) is 2. The van der Waals surface area contributed by atoms with Crippen molar-refractivity contribution in [2.45, 2.75) is 32.2 Å². The Morgan fingerprint density at radius 1 is 1.14 bits per heavy atom. The van der Waals surface area contributed by atoms with Crippen molar-refractivity contribution in [3.63, 3.8) is 0 Å². The lowest BCUT2D eigenvalue weighted by molar-refractivity contribution is 0.634. The molecule has 0 spiro atoms. The van der Waals surface area contributed by atoms with Gasteiger partial charge in [-0.25, -0.2) is 0 Å². The van der Waals surface area contributed by atoms with Gasteiger partial charge in [0.1, 0.15) is 0 Å². The average Bonchev–Trinajstić information content (AvgIpc) is 3.00. The Labute approximate surface area is 125 Å². The van der Waals surface area contributed by atoms with E-state index in [4.69, 9.17) is 0 Å². The second-order valence-electron chi connectivity index (χ2n) is 5.42. The van der Waals surface area contributed by atoms with Gasteiger partial charge in [0.25, 0.3) is 0 Å². The topological polar surface area (TPSA) is 40.7 Å². The molecule has 0 bridgehead atoms. The van der Waals surface area contributed by atoms with Crippen LogP contribution in [0.3, 0.4) is 0 Å². The number of aromatic amines is 1. The Kier molecular flexibility index (Phi) is 4.20. The van der Waals surface area contributed by atoms with E-state index in [1.54, 1.807) is 0 Å². The molecule has 3 aromatic rings. The zero-order valence-corrected chi connectivity index (χ0v) is 12.3. The zero-order chi connectivity index (χ0) is 14.5. The van der Waals surface area contributed by atoms with Crippen LogP contribution in [0.2, 0.25) is 0 Å². The molecule has 0 fully saturated rings. The van der Waals surface area contributed by atoms with Crippen LogP contribution in [-0.4, -0.2) is 10.2 Å². The molecule has 0 radical (unpaired) electrons. The van der Waals surface area contributed by atoms with Crippen LogP contribution in [-0.2, 0) is 0 Å². The maximum Gasteiger partial charge on any atom is 0.0670 e. The summed E-state index contributed by atoms with van der Waals surface area (Å²) in [6, 6.07) is 17.4. The Morgan fingerprint density at radius 3 is 2.81 bits per heavy atom. The monoisotopic (exact) mass is 279 g/mol. The summed E-state index contributed by atoms with van der Waals surface area (Å²) >= 11 is 0. The summed E-state index contributed by atoms with van der Waals surface area (Å²) < 4.78 is 0. The Hall–Kier alpha value is -2.29. The number of nitrogens with zero attached hydrogens (tertiary/aromatic N) is 1. The molecule has 0 aliphatic heterocycles. The average molecular weight is 279 g/mol. The minimum absolute atomic E-state index is 0.353. The summed E-state index contributed by atoms with van der Waals surface area (Å²) in [5, 5.41) is 11.9. The predicted molar refractivity (Wildman–Crippen MR) is 88.4 cm³/mol. The van der Waals surface area contributed by atoms with Crippen molar-refractivity contribution in [2.75, 3.05) is 5.32 Å². The molecule has 2 aromatic carbocycles. The molecule has 1 heterocycles. The molecule has 0 amide bonds. The van der Waals surface area contributed by atoms with Gasteiger partial charge in [0.05, 0.1) is 17.8 Å². The number of anilines is 1. The molecule has 0 aliphatic rings. The van der Waals surface area contributed by atoms with Gasteiger partial charge >= 0.3 is 0 Å². The third-order valence-corrected chi connectivity index (χ3v) is 3.83. The van der Waals surface area contributed by atoms with E-state index < -0.39 is 0 Å². The highest BCUT2D eigenvalue weighted by atomic mass is 15.1. The van der Waals surface area contributed by atoms with Crippen molar-refractivity contribution in [2.24, 2.45) is 0 Å². The molecule has 0 aliphatic carbocycles. The molecular formula is C18H21N3. The number of aromatic nitrogens is 2. The lowest BCUT2D eigenvalue weighted by Crippen LogP contribution is -2.10. The van der Waals surface area contributed by atoms with Crippen molar-refractivity contribution in [1.82, 2.24) is 10.2 Å². The number of benzene rings is 2. The standard InChI is InChI=1S/C18H21N3/c1-2-3-9-17(14-7-5-4-6-8-14)20-16-11-10-15-13-19-21-18(15)12-16/h4-8,10-13,17,20H,2-3,9H2,1H3,(H,19,21). The van der Waals surface area contributed by atoms with Gasteiger partial charge in [-0.2, -0.15) is 5.10 Å². The van der Waals surface area contributed by atoms with Gasteiger partial charge < -0.3 is 5.32 Å². The molecular weight excluding hydrogens is 258 g/mol. The van der Waals surface area contributed by atoms with Crippen molar-refractivity contribution in [3.05, 3.63) is 60.3 Å². The van der Waals surface area contributed by atoms with E-state index in [1.807, 2.05) is 6.20 Å². The number of unbranched alkanes of at least 4 members (excludes halogenated alkanes) is 1. The highest BCUT2D eigenvalue weighted by molar-refractivity contribution is 5.81. The van der Waals surface area contributed by atoms with Crippen LogP contribution < -0.4 is 5.32 Å². The zero-order valence-electron chi connectivity index (χ0n) is 12.3. The number of hydrogen-bond acceptors (Lipinski definition) is 2. The fraction of sp³-hybridized carbons (Fsp3) is 0.278. The molecule has 0 saturated heterocycles. The van der Waals surface area contributed by atoms with Crippen molar-refractivity contribution in [3.8, 4) is 0 Å². The first-order valence-corrected chi connectivity index (χ1v) is 7.61. The van der Waals surface area contributed by atoms with Gasteiger partial charge in [0.15, 0.2) is 0 Å². The van der Waals surface area contributed by atoms with Crippen LogP contribution in [0.5, 0.6) is 0 Å². The predicted octanol–water partition coefficient (Wildman–Crippen LogP) is 4.91. The first-order chi connectivity index (χ1) is 10.4. The van der Waals surface area contributed by atoms with E-state index in [-0.39, 0.29) is 0 Å². The second-order valence-corrected chi connectivity index (χ2v) is 5.42. The van der Waals surface area contributed by atoms with Crippen LogP contribution in [0.1, 0.15) is 37.8 Å². The van der Waals surface area contributed by atoms with Gasteiger partial charge in [-0.15, -0.1) is 0 Å². The lowest BCUT2D eigenvalue weighted by atomic mass is 10.0. The molecule has 21 heavy (non-hydrogen) atoms. The van der Waals surface area contributed by atoms with Crippen molar-refractivity contribution in [1.29, 1.82) is 0 Å². The third kappa shape index (κ3) is 3.24. The van der Waals surface area contributed by atoms with Gasteiger partial charge in [-0.1, -0.05) is 50.1 Å². The van der Waals surface area contributed by atoms with Gasteiger partial charge in [0, 0.05) is 11.1 Å². The summed E-state index contributed by atoms with van der Waals surface area (Å²) in [6.07, 6.45) is 5.43. The van der Waals surface area contributed by atoms with Crippen LogP contribution >= 0.6 is 0 Å². The largest absolute Gasteiger partial charge is 0.378 e. The molecule has 1 unspecified atom stereocenters. The van der Waals surface area contributed by atoms with Gasteiger partial charge in [0.2, 0.25) is 0 Å². The fourth-order valence-electron chi connectivity index (χ4n) is 2.64. The van der Waals surface area contributed by atoms with E-state index in [9.17, 15) is 0 Å². The SMILES string of the molecule is CCCCC(Nc1ccc2cn[nH]c2c1)c1ccccc1. The molecule has 3 nitrogen and oxygen atoms in total. The highest BCUT2D eigenvalue weighted by Crippen LogP contribution is 2.26. The van der Waals surface area contributed by atoms with Crippen molar-refractivity contribution < 1.29 is 0 Å². The minimum Gasteiger partial charge on any atom is -0.378 e. The van der Waals surface area contributed by atoms with Crippen LogP contribution in [0, 0.1) is 0 Å². The molecule has 3 heteroatoms. The van der Waals surface area contributed by atoms with E-state index in [1.165, 1.54) is 18.4 Å². The number of rotatable bonds is 6. The smallest absolute Gasteiger partial charge is 0.0670 e. The van der Waals surface area contributed by atoms with Gasteiger partial charge in [-0.3, -0.25) is 5.10 Å². The van der Waals surface area contributed by atoms with E-state index in [0.29, 0.717) is 6.04 Å². The maximum atomic E-state index is 4.08. The first-order valence-electron chi connectivity index (χ1n) is 7.61. The fourth-order valence-corrected chi connectivity index (χ4v) is 2.64. The molecule has 0 saturated carbocycles. The second kappa shape index (κ2) is 6.44. The molecule has 1 atom stereocenters. The Balaban J connectivity index is 1.82. The molecule has 108 valence electrons. The summed E-state index contributed by atoms with van der Waals surface area (Å²) in [5.74, 6) is 0. The third-order valence-electron chi connectivity index (χ3n) is 3.83. The van der Waals surface area contributed by atoms with Crippen LogP contribution in [0.25, 0.3) is 10.9 Å². The summed E-state index contributed by atoms with van der Waals surface area (Å²) in [4.78, 5) is 0. The Bertz CT molecular complexity index is 688. The minimum atomic E-state index is 0.353. The van der Waals surface area contributed by atoms with Crippen LogP contribution in [0.15, 0.2) is 54.7 Å². The number of H-pyrrole nitrogens is 1. The maximum absolute atomic E-state index is 4.08. The van der Waals surface area contributed by atoms with Crippen LogP contribution in [0.4, 0.5) is 5.69 Å². The van der Waals surface area contributed by atoms with E-state index in [0.717, 1.165) is 23.0 Å². The molecule has 2 N–H and O–H groups in total.